The van der Waals surface area contributed by atoms with E-state index in [4.69, 9.17) is 9.47 Å². The van der Waals surface area contributed by atoms with Crippen molar-refractivity contribution >= 4 is 23.4 Å². The van der Waals surface area contributed by atoms with Gasteiger partial charge < -0.3 is 14.8 Å². The van der Waals surface area contributed by atoms with E-state index in [2.05, 4.69) is 36.5 Å². The highest BCUT2D eigenvalue weighted by molar-refractivity contribution is 8.00. The van der Waals surface area contributed by atoms with Crippen molar-refractivity contribution in [3.8, 4) is 11.5 Å². The van der Waals surface area contributed by atoms with Crippen molar-refractivity contribution in [1.82, 2.24) is 0 Å². The number of anilines is 1. The number of benzene rings is 2. The molecule has 2 aromatic carbocycles. The van der Waals surface area contributed by atoms with E-state index in [0.717, 1.165) is 22.8 Å². The first-order chi connectivity index (χ1) is 11.7. The summed E-state index contributed by atoms with van der Waals surface area (Å²) in [6, 6.07) is 13.7. The van der Waals surface area contributed by atoms with E-state index in [1.807, 2.05) is 25.1 Å². The number of ether oxygens (including phenoxy) is 2. The number of rotatable bonds is 5. The Kier molecular flexibility index (Phi) is 5.30. The number of carbonyl (C=O) groups is 1. The van der Waals surface area contributed by atoms with Crippen LogP contribution in [0.15, 0.2) is 47.4 Å². The minimum absolute atomic E-state index is 0.000229. The molecule has 1 amide bonds. The molecular weight excluding hydrogens is 322 g/mol. The Balaban J connectivity index is 1.67. The van der Waals surface area contributed by atoms with Crippen molar-refractivity contribution in [3.63, 3.8) is 0 Å². The molecular formula is C19H21NO3S. The maximum atomic E-state index is 12.6. The third-order valence-electron chi connectivity index (χ3n) is 3.77. The zero-order chi connectivity index (χ0) is 16.9. The first kappa shape index (κ1) is 16.7. The lowest BCUT2D eigenvalue weighted by Gasteiger charge is -2.20. The third kappa shape index (κ3) is 4.03. The first-order valence-electron chi connectivity index (χ1n) is 8.09. The fourth-order valence-electron chi connectivity index (χ4n) is 2.45. The summed E-state index contributed by atoms with van der Waals surface area (Å²) in [4.78, 5) is 13.7. The van der Waals surface area contributed by atoms with E-state index < -0.39 is 0 Å². The standard InChI is InChI=1S/C19H21NO3S/c1-3-18(24-15-7-4-13(2)5-8-15)19(21)20-14-6-9-16-17(12-14)23-11-10-22-16/h4-9,12,18H,3,10-11H2,1-2H3,(H,20,21). The van der Waals surface area contributed by atoms with Gasteiger partial charge in [-0.15, -0.1) is 11.8 Å². The van der Waals surface area contributed by atoms with Crippen LogP contribution in [0, 0.1) is 6.92 Å². The molecule has 0 aromatic heterocycles. The molecule has 126 valence electrons. The van der Waals surface area contributed by atoms with Gasteiger partial charge in [-0.25, -0.2) is 0 Å². The van der Waals surface area contributed by atoms with Crippen LogP contribution < -0.4 is 14.8 Å². The maximum absolute atomic E-state index is 12.6. The maximum Gasteiger partial charge on any atom is 0.237 e. The van der Waals surface area contributed by atoms with Gasteiger partial charge in [0.25, 0.3) is 0 Å². The molecule has 1 aliphatic heterocycles. The molecule has 0 spiro atoms. The molecule has 1 aliphatic rings. The minimum atomic E-state index is -0.138. The molecule has 1 N–H and O–H groups in total. The third-order valence-corrected chi connectivity index (χ3v) is 5.15. The molecule has 0 aliphatic carbocycles. The first-order valence-corrected chi connectivity index (χ1v) is 8.97. The van der Waals surface area contributed by atoms with E-state index >= 15 is 0 Å². The quantitative estimate of drug-likeness (QED) is 0.824. The largest absolute Gasteiger partial charge is 0.486 e. The van der Waals surface area contributed by atoms with Gasteiger partial charge in [-0.1, -0.05) is 24.6 Å². The molecule has 1 atom stereocenters. The fourth-order valence-corrected chi connectivity index (χ4v) is 3.40. The van der Waals surface area contributed by atoms with Gasteiger partial charge in [0.2, 0.25) is 5.91 Å². The lowest BCUT2D eigenvalue weighted by Crippen LogP contribution is -2.24. The number of fused-ring (bicyclic) bond motifs is 1. The van der Waals surface area contributed by atoms with E-state index in [9.17, 15) is 4.79 Å². The number of amides is 1. The van der Waals surface area contributed by atoms with E-state index in [0.29, 0.717) is 19.0 Å². The van der Waals surface area contributed by atoms with Gasteiger partial charge in [0, 0.05) is 16.6 Å². The highest BCUT2D eigenvalue weighted by atomic mass is 32.2. The average Bonchev–Trinajstić information content (AvgIpc) is 2.61. The van der Waals surface area contributed by atoms with Gasteiger partial charge in [0.05, 0.1) is 5.25 Å². The number of nitrogens with one attached hydrogen (secondary N) is 1. The fraction of sp³-hybridized carbons (Fsp3) is 0.316. The molecule has 3 rings (SSSR count). The van der Waals surface area contributed by atoms with Crippen LogP contribution in [0.1, 0.15) is 18.9 Å². The number of carbonyl (C=O) groups excluding carboxylic acids is 1. The zero-order valence-electron chi connectivity index (χ0n) is 13.9. The van der Waals surface area contributed by atoms with Crippen LogP contribution >= 0.6 is 11.8 Å². The predicted molar refractivity (Wildman–Crippen MR) is 97.2 cm³/mol. The second-order valence-corrected chi connectivity index (χ2v) is 6.95. The van der Waals surface area contributed by atoms with Crippen LogP contribution in [0.5, 0.6) is 11.5 Å². The number of hydrogen-bond donors (Lipinski definition) is 1. The summed E-state index contributed by atoms with van der Waals surface area (Å²) in [5.74, 6) is 1.40. The topological polar surface area (TPSA) is 47.6 Å². The van der Waals surface area contributed by atoms with Crippen LogP contribution in [-0.4, -0.2) is 24.4 Å². The summed E-state index contributed by atoms with van der Waals surface area (Å²) in [6.45, 7) is 5.17. The second kappa shape index (κ2) is 7.62. The van der Waals surface area contributed by atoms with Crippen LogP contribution in [0.25, 0.3) is 0 Å². The molecule has 1 unspecified atom stereocenters. The number of aryl methyl sites for hydroxylation is 1. The van der Waals surface area contributed by atoms with Gasteiger partial charge in [0.15, 0.2) is 11.5 Å². The van der Waals surface area contributed by atoms with Crippen molar-refractivity contribution in [3.05, 3.63) is 48.0 Å². The van der Waals surface area contributed by atoms with Crippen molar-refractivity contribution in [2.45, 2.75) is 30.4 Å². The molecule has 5 heteroatoms. The van der Waals surface area contributed by atoms with Gasteiger partial charge in [0.1, 0.15) is 13.2 Å². The minimum Gasteiger partial charge on any atom is -0.486 e. The molecule has 0 saturated carbocycles. The highest BCUT2D eigenvalue weighted by Gasteiger charge is 2.19. The summed E-state index contributed by atoms with van der Waals surface area (Å²) in [6.07, 6.45) is 0.759. The molecule has 1 heterocycles. The van der Waals surface area contributed by atoms with Crippen molar-refractivity contribution < 1.29 is 14.3 Å². The Morgan fingerprint density at radius 1 is 1.12 bits per heavy atom. The normalized spacial score (nSPS) is 14.1. The van der Waals surface area contributed by atoms with Crippen molar-refractivity contribution in [1.29, 1.82) is 0 Å². The van der Waals surface area contributed by atoms with Gasteiger partial charge in [-0.2, -0.15) is 0 Å². The van der Waals surface area contributed by atoms with Gasteiger partial charge >= 0.3 is 0 Å². The molecule has 0 radical (unpaired) electrons. The van der Waals surface area contributed by atoms with Crippen LogP contribution in [-0.2, 0) is 4.79 Å². The lowest BCUT2D eigenvalue weighted by molar-refractivity contribution is -0.115. The Hall–Kier alpha value is -2.14. The second-order valence-electron chi connectivity index (χ2n) is 5.68. The number of thioether (sulfide) groups is 1. The molecule has 4 nitrogen and oxygen atoms in total. The van der Waals surface area contributed by atoms with Crippen molar-refractivity contribution in [2.75, 3.05) is 18.5 Å². The molecule has 0 bridgehead atoms. The smallest absolute Gasteiger partial charge is 0.237 e. The molecule has 0 saturated heterocycles. The predicted octanol–water partition coefficient (Wildman–Crippen LogP) is 4.28. The van der Waals surface area contributed by atoms with Gasteiger partial charge in [-0.3, -0.25) is 4.79 Å². The number of hydrogen-bond acceptors (Lipinski definition) is 4. The Labute approximate surface area is 146 Å². The zero-order valence-corrected chi connectivity index (χ0v) is 14.7. The summed E-state index contributed by atoms with van der Waals surface area (Å²) in [7, 11) is 0. The van der Waals surface area contributed by atoms with Crippen molar-refractivity contribution in [2.24, 2.45) is 0 Å². The summed E-state index contributed by atoms with van der Waals surface area (Å²) < 4.78 is 11.1. The van der Waals surface area contributed by atoms with E-state index in [1.165, 1.54) is 5.56 Å². The van der Waals surface area contributed by atoms with E-state index in [1.54, 1.807) is 11.8 Å². The summed E-state index contributed by atoms with van der Waals surface area (Å²) in [5, 5.41) is 2.84. The Bertz CT molecular complexity index is 715. The lowest BCUT2D eigenvalue weighted by atomic mass is 10.2. The Morgan fingerprint density at radius 2 is 1.83 bits per heavy atom. The highest BCUT2D eigenvalue weighted by Crippen LogP contribution is 2.33. The summed E-state index contributed by atoms with van der Waals surface area (Å²) in [5.41, 5.74) is 1.94. The van der Waals surface area contributed by atoms with Crippen LogP contribution in [0.3, 0.4) is 0 Å². The Morgan fingerprint density at radius 3 is 2.54 bits per heavy atom. The molecule has 24 heavy (non-hydrogen) atoms. The van der Waals surface area contributed by atoms with E-state index in [-0.39, 0.29) is 11.2 Å². The van der Waals surface area contributed by atoms with Crippen LogP contribution in [0.2, 0.25) is 0 Å². The SMILES string of the molecule is CCC(Sc1ccc(C)cc1)C(=O)Nc1ccc2c(c1)OCCO2. The summed E-state index contributed by atoms with van der Waals surface area (Å²) >= 11 is 1.59. The molecule has 0 fully saturated rings. The molecule has 2 aromatic rings. The average molecular weight is 343 g/mol. The van der Waals surface area contributed by atoms with Crippen LogP contribution in [0.4, 0.5) is 5.69 Å². The van der Waals surface area contributed by atoms with Gasteiger partial charge in [-0.05, 0) is 37.6 Å². The monoisotopic (exact) mass is 343 g/mol.